The Kier molecular flexibility index (Phi) is 4.14. The van der Waals surface area contributed by atoms with E-state index in [0.717, 1.165) is 24.3 Å². The minimum Gasteiger partial charge on any atom is -0.372 e. The first-order valence-electron chi connectivity index (χ1n) is 6.19. The molecule has 8 heteroatoms. The number of halogens is 7. The van der Waals surface area contributed by atoms with E-state index in [-0.39, 0.29) is 0 Å². The molecule has 124 valence electrons. The number of benzene rings is 2. The summed E-state index contributed by atoms with van der Waals surface area (Å²) in [6, 6.07) is 4.84. The molecule has 0 fully saturated rings. The van der Waals surface area contributed by atoms with Crippen molar-refractivity contribution < 1.29 is 35.8 Å². The van der Waals surface area contributed by atoms with Crippen LogP contribution in [0.2, 0.25) is 0 Å². The maximum Gasteiger partial charge on any atom is 0.425 e. The predicted molar refractivity (Wildman–Crippen MR) is 66.9 cm³/mol. The summed E-state index contributed by atoms with van der Waals surface area (Å²) >= 11 is 0. The maximum atomic E-state index is 13.3. The SMILES string of the molecule is OC(c1ccc(F)cc1)(c1ccc(C(F)(F)F)cc1)C(F)(F)F. The van der Waals surface area contributed by atoms with Crippen molar-refractivity contribution in [2.24, 2.45) is 0 Å². The number of rotatable bonds is 2. The van der Waals surface area contributed by atoms with Gasteiger partial charge in [-0.05, 0) is 35.4 Å². The predicted octanol–water partition coefficient (Wildman–Crippen LogP) is 4.64. The van der Waals surface area contributed by atoms with Gasteiger partial charge < -0.3 is 5.11 Å². The Labute approximate surface area is 126 Å². The van der Waals surface area contributed by atoms with Gasteiger partial charge in [-0.2, -0.15) is 26.3 Å². The first-order chi connectivity index (χ1) is 10.5. The van der Waals surface area contributed by atoms with Crippen molar-refractivity contribution in [1.29, 1.82) is 0 Å². The topological polar surface area (TPSA) is 20.2 Å². The molecular weight excluding hydrogens is 329 g/mol. The lowest BCUT2D eigenvalue weighted by Crippen LogP contribution is -2.43. The minimum atomic E-state index is -5.22. The van der Waals surface area contributed by atoms with E-state index in [4.69, 9.17) is 0 Å². The van der Waals surface area contributed by atoms with Crippen LogP contribution in [-0.2, 0) is 11.8 Å². The van der Waals surface area contributed by atoms with Gasteiger partial charge in [-0.25, -0.2) is 4.39 Å². The quantitative estimate of drug-likeness (QED) is 0.791. The highest BCUT2D eigenvalue weighted by Gasteiger charge is 2.56. The molecule has 0 aliphatic carbocycles. The van der Waals surface area contributed by atoms with Gasteiger partial charge in [0.25, 0.3) is 0 Å². The Morgan fingerprint density at radius 1 is 0.609 bits per heavy atom. The third-order valence-electron chi connectivity index (χ3n) is 3.30. The molecule has 0 bridgehead atoms. The molecule has 0 saturated heterocycles. The van der Waals surface area contributed by atoms with Crippen LogP contribution in [0.4, 0.5) is 30.7 Å². The van der Waals surface area contributed by atoms with E-state index >= 15 is 0 Å². The van der Waals surface area contributed by atoms with E-state index in [0.29, 0.717) is 24.3 Å². The van der Waals surface area contributed by atoms with Crippen LogP contribution >= 0.6 is 0 Å². The van der Waals surface area contributed by atoms with Gasteiger partial charge in [0.15, 0.2) is 0 Å². The summed E-state index contributed by atoms with van der Waals surface area (Å²) in [5, 5.41) is 10.1. The third kappa shape index (κ3) is 3.17. The summed E-state index contributed by atoms with van der Waals surface area (Å²) in [6.07, 6.45) is -9.94. The second-order valence-electron chi connectivity index (χ2n) is 4.79. The minimum absolute atomic E-state index is 0.440. The van der Waals surface area contributed by atoms with Crippen molar-refractivity contribution in [3.63, 3.8) is 0 Å². The Hall–Kier alpha value is -2.09. The average Bonchev–Trinajstić information content (AvgIpc) is 2.45. The lowest BCUT2D eigenvalue weighted by Gasteiger charge is -2.31. The second-order valence-corrected chi connectivity index (χ2v) is 4.79. The fraction of sp³-hybridized carbons (Fsp3) is 0.200. The van der Waals surface area contributed by atoms with Crippen LogP contribution < -0.4 is 0 Å². The van der Waals surface area contributed by atoms with E-state index in [1.165, 1.54) is 0 Å². The molecule has 0 radical (unpaired) electrons. The highest BCUT2D eigenvalue weighted by molar-refractivity contribution is 5.39. The molecule has 0 aliphatic heterocycles. The average molecular weight is 338 g/mol. The third-order valence-corrected chi connectivity index (χ3v) is 3.30. The van der Waals surface area contributed by atoms with E-state index < -0.39 is 40.5 Å². The van der Waals surface area contributed by atoms with Gasteiger partial charge >= 0.3 is 12.4 Å². The van der Waals surface area contributed by atoms with Crippen LogP contribution in [-0.4, -0.2) is 11.3 Å². The molecule has 2 rings (SSSR count). The zero-order valence-electron chi connectivity index (χ0n) is 11.2. The van der Waals surface area contributed by atoms with Crippen molar-refractivity contribution in [1.82, 2.24) is 0 Å². The van der Waals surface area contributed by atoms with E-state index in [1.54, 1.807) is 0 Å². The van der Waals surface area contributed by atoms with Gasteiger partial charge in [0.05, 0.1) is 5.56 Å². The monoisotopic (exact) mass is 338 g/mol. The first-order valence-corrected chi connectivity index (χ1v) is 6.19. The Balaban J connectivity index is 2.58. The molecule has 0 amide bonds. The van der Waals surface area contributed by atoms with Crippen molar-refractivity contribution in [3.8, 4) is 0 Å². The Morgan fingerprint density at radius 3 is 1.30 bits per heavy atom. The normalized spacial score (nSPS) is 15.3. The summed E-state index contributed by atoms with van der Waals surface area (Å²) in [6.45, 7) is 0. The molecule has 0 heterocycles. The summed E-state index contributed by atoms with van der Waals surface area (Å²) in [5.74, 6) is -0.814. The number of hydrogen-bond acceptors (Lipinski definition) is 1. The van der Waals surface area contributed by atoms with Crippen LogP contribution in [0.3, 0.4) is 0 Å². The summed E-state index contributed by atoms with van der Waals surface area (Å²) in [7, 11) is 0. The largest absolute Gasteiger partial charge is 0.425 e. The zero-order valence-corrected chi connectivity index (χ0v) is 11.2. The second kappa shape index (κ2) is 5.52. The van der Waals surface area contributed by atoms with Gasteiger partial charge in [-0.15, -0.1) is 0 Å². The van der Waals surface area contributed by atoms with Gasteiger partial charge in [0, 0.05) is 0 Å². The van der Waals surface area contributed by atoms with E-state index in [9.17, 15) is 35.8 Å². The summed E-state index contributed by atoms with van der Waals surface area (Å²) < 4.78 is 90.4. The van der Waals surface area contributed by atoms with Crippen LogP contribution in [0.5, 0.6) is 0 Å². The standard InChI is InChI=1S/C15H9F7O/c16-12-7-5-10(6-8-12)13(23,15(20,21)22)9-1-3-11(4-2-9)14(17,18)19/h1-8,23H. The van der Waals surface area contributed by atoms with Crippen molar-refractivity contribution >= 4 is 0 Å². The summed E-state index contributed by atoms with van der Waals surface area (Å²) in [5.41, 5.74) is -6.20. The molecule has 1 atom stereocenters. The van der Waals surface area contributed by atoms with Gasteiger partial charge in [0.2, 0.25) is 5.60 Å². The van der Waals surface area contributed by atoms with Crippen molar-refractivity contribution in [2.75, 3.05) is 0 Å². The van der Waals surface area contributed by atoms with Crippen LogP contribution in [0.1, 0.15) is 16.7 Å². The highest BCUT2D eigenvalue weighted by Crippen LogP contribution is 2.44. The molecule has 2 aromatic carbocycles. The molecule has 23 heavy (non-hydrogen) atoms. The molecule has 0 aliphatic rings. The molecular formula is C15H9F7O. The van der Waals surface area contributed by atoms with Crippen LogP contribution in [0, 0.1) is 5.82 Å². The molecule has 1 nitrogen and oxygen atoms in total. The van der Waals surface area contributed by atoms with Gasteiger partial charge in [-0.1, -0.05) is 24.3 Å². The number of aliphatic hydroxyl groups is 1. The van der Waals surface area contributed by atoms with Gasteiger partial charge in [-0.3, -0.25) is 0 Å². The smallest absolute Gasteiger partial charge is 0.372 e. The summed E-state index contributed by atoms with van der Waals surface area (Å²) in [4.78, 5) is 0. The zero-order chi connectivity index (χ0) is 17.5. The van der Waals surface area contributed by atoms with Crippen LogP contribution in [0.15, 0.2) is 48.5 Å². The molecule has 0 saturated carbocycles. The van der Waals surface area contributed by atoms with E-state index in [2.05, 4.69) is 0 Å². The maximum absolute atomic E-state index is 13.3. The van der Waals surface area contributed by atoms with Gasteiger partial charge in [0.1, 0.15) is 5.82 Å². The molecule has 1 unspecified atom stereocenters. The fourth-order valence-electron chi connectivity index (χ4n) is 2.09. The molecule has 2 aromatic rings. The fourth-order valence-corrected chi connectivity index (χ4v) is 2.09. The molecule has 1 N–H and O–H groups in total. The Morgan fingerprint density at radius 2 is 0.957 bits per heavy atom. The number of hydrogen-bond donors (Lipinski definition) is 1. The van der Waals surface area contributed by atoms with Crippen molar-refractivity contribution in [3.05, 3.63) is 71.0 Å². The lowest BCUT2D eigenvalue weighted by molar-refractivity contribution is -0.248. The number of alkyl halides is 6. The molecule has 0 spiro atoms. The lowest BCUT2D eigenvalue weighted by atomic mass is 9.85. The molecule has 0 aromatic heterocycles. The van der Waals surface area contributed by atoms with E-state index in [1.807, 2.05) is 0 Å². The Bertz CT molecular complexity index is 671. The van der Waals surface area contributed by atoms with Crippen molar-refractivity contribution in [2.45, 2.75) is 18.0 Å². The van der Waals surface area contributed by atoms with Crippen LogP contribution in [0.25, 0.3) is 0 Å². The highest BCUT2D eigenvalue weighted by atomic mass is 19.4. The first kappa shape index (κ1) is 17.3.